The lowest BCUT2D eigenvalue weighted by atomic mass is 10.1. The summed E-state index contributed by atoms with van der Waals surface area (Å²) in [5, 5.41) is 13.8. The van der Waals surface area contributed by atoms with E-state index in [2.05, 4.69) is 20.8 Å². The van der Waals surface area contributed by atoms with E-state index in [9.17, 15) is 13.2 Å². The molecule has 2 atom stereocenters. The summed E-state index contributed by atoms with van der Waals surface area (Å²) in [4.78, 5) is 0. The zero-order chi connectivity index (χ0) is 15.5. The van der Waals surface area contributed by atoms with Gasteiger partial charge in [-0.05, 0) is 42.0 Å². The minimum absolute atomic E-state index is 0.209. The van der Waals surface area contributed by atoms with Gasteiger partial charge in [0.25, 0.3) is 0 Å². The maximum Gasteiger partial charge on any atom is 0.390 e. The van der Waals surface area contributed by atoms with Gasteiger partial charge >= 0.3 is 6.18 Å². The normalized spacial score (nSPS) is 14.9. The van der Waals surface area contributed by atoms with Crippen LogP contribution in [0, 0.1) is 0 Å². The minimum Gasteiger partial charge on any atom is -0.307 e. The van der Waals surface area contributed by atoms with Crippen molar-refractivity contribution in [3.63, 3.8) is 0 Å². The lowest BCUT2D eigenvalue weighted by Crippen LogP contribution is -2.33. The SMILES string of the molecule is CC(CC(F)(F)F)NC(C)c1cccc(-n2cnnn2)c1. The second-order valence-corrected chi connectivity index (χ2v) is 4.96. The summed E-state index contributed by atoms with van der Waals surface area (Å²) >= 11 is 0. The van der Waals surface area contributed by atoms with Crippen molar-refractivity contribution >= 4 is 0 Å². The molecule has 5 nitrogen and oxygen atoms in total. The number of benzene rings is 1. The average Bonchev–Trinajstić information content (AvgIpc) is 2.90. The molecule has 0 fully saturated rings. The first-order chi connectivity index (χ1) is 9.85. The van der Waals surface area contributed by atoms with Crippen LogP contribution >= 0.6 is 0 Å². The van der Waals surface area contributed by atoms with Gasteiger partial charge in [-0.15, -0.1) is 5.10 Å². The number of hydrogen-bond acceptors (Lipinski definition) is 4. The molecule has 0 aliphatic carbocycles. The fourth-order valence-corrected chi connectivity index (χ4v) is 2.15. The monoisotopic (exact) mass is 299 g/mol. The van der Waals surface area contributed by atoms with Gasteiger partial charge in [0.2, 0.25) is 0 Å². The molecule has 2 aromatic rings. The molecular weight excluding hydrogens is 283 g/mol. The summed E-state index contributed by atoms with van der Waals surface area (Å²) < 4.78 is 38.5. The summed E-state index contributed by atoms with van der Waals surface area (Å²) in [5.41, 5.74) is 1.63. The van der Waals surface area contributed by atoms with Crippen LogP contribution in [0.5, 0.6) is 0 Å². The first kappa shape index (κ1) is 15.4. The third kappa shape index (κ3) is 4.52. The van der Waals surface area contributed by atoms with E-state index in [1.54, 1.807) is 0 Å². The molecule has 1 N–H and O–H groups in total. The van der Waals surface area contributed by atoms with Crippen LogP contribution in [0.3, 0.4) is 0 Å². The number of halogens is 3. The summed E-state index contributed by atoms with van der Waals surface area (Å²) in [5.74, 6) is 0. The average molecular weight is 299 g/mol. The van der Waals surface area contributed by atoms with E-state index in [1.807, 2.05) is 31.2 Å². The molecule has 0 spiro atoms. The third-order valence-electron chi connectivity index (χ3n) is 3.06. The zero-order valence-electron chi connectivity index (χ0n) is 11.7. The Labute approximate surface area is 120 Å². The van der Waals surface area contributed by atoms with Crippen LogP contribution in [0.1, 0.15) is 31.9 Å². The standard InChI is InChI=1S/C13H16F3N5/c1-9(7-13(14,15)16)18-10(2)11-4-3-5-12(6-11)21-8-17-19-20-21/h3-6,8-10,18H,7H2,1-2H3. The van der Waals surface area contributed by atoms with Crippen molar-refractivity contribution in [3.05, 3.63) is 36.2 Å². The van der Waals surface area contributed by atoms with Crippen molar-refractivity contribution in [2.24, 2.45) is 0 Å². The number of nitrogens with one attached hydrogen (secondary N) is 1. The predicted octanol–water partition coefficient (Wildman–Crippen LogP) is 2.65. The maximum atomic E-state index is 12.3. The highest BCUT2D eigenvalue weighted by Gasteiger charge is 2.30. The molecule has 0 amide bonds. The lowest BCUT2D eigenvalue weighted by molar-refractivity contribution is -0.139. The van der Waals surface area contributed by atoms with E-state index in [4.69, 9.17) is 0 Å². The summed E-state index contributed by atoms with van der Waals surface area (Å²) in [6.45, 7) is 3.35. The molecule has 21 heavy (non-hydrogen) atoms. The molecule has 0 aliphatic heterocycles. The molecule has 0 saturated heterocycles. The highest BCUT2D eigenvalue weighted by atomic mass is 19.4. The van der Waals surface area contributed by atoms with Crippen LogP contribution in [0.4, 0.5) is 13.2 Å². The Hall–Kier alpha value is -1.96. The van der Waals surface area contributed by atoms with Crippen molar-refractivity contribution < 1.29 is 13.2 Å². The van der Waals surface area contributed by atoms with Crippen LogP contribution in [-0.2, 0) is 0 Å². The van der Waals surface area contributed by atoms with Crippen LogP contribution < -0.4 is 5.32 Å². The van der Waals surface area contributed by atoms with Gasteiger partial charge in [-0.25, -0.2) is 4.68 Å². The van der Waals surface area contributed by atoms with E-state index in [1.165, 1.54) is 17.9 Å². The molecule has 2 unspecified atom stereocenters. The van der Waals surface area contributed by atoms with E-state index in [-0.39, 0.29) is 6.04 Å². The quantitative estimate of drug-likeness (QED) is 0.922. The second kappa shape index (κ2) is 6.21. The van der Waals surface area contributed by atoms with Gasteiger partial charge in [-0.3, -0.25) is 0 Å². The molecule has 0 bridgehead atoms. The number of hydrogen-bond donors (Lipinski definition) is 1. The molecule has 0 aliphatic rings. The lowest BCUT2D eigenvalue weighted by Gasteiger charge is -2.21. The molecule has 0 radical (unpaired) electrons. The smallest absolute Gasteiger partial charge is 0.307 e. The van der Waals surface area contributed by atoms with Crippen LogP contribution in [0.15, 0.2) is 30.6 Å². The fourth-order valence-electron chi connectivity index (χ4n) is 2.15. The predicted molar refractivity (Wildman–Crippen MR) is 70.8 cm³/mol. The summed E-state index contributed by atoms with van der Waals surface area (Å²) in [6.07, 6.45) is -3.56. The van der Waals surface area contributed by atoms with Gasteiger partial charge in [-0.1, -0.05) is 12.1 Å². The molecule has 114 valence electrons. The van der Waals surface area contributed by atoms with E-state index in [0.717, 1.165) is 11.3 Å². The maximum absolute atomic E-state index is 12.3. The van der Waals surface area contributed by atoms with Gasteiger partial charge in [0.05, 0.1) is 12.1 Å². The number of aromatic nitrogens is 4. The van der Waals surface area contributed by atoms with Crippen LogP contribution in [0.2, 0.25) is 0 Å². The summed E-state index contributed by atoms with van der Waals surface area (Å²) in [6, 6.07) is 6.47. The highest BCUT2D eigenvalue weighted by molar-refractivity contribution is 5.35. The molecule has 8 heteroatoms. The number of alkyl halides is 3. The molecular formula is C13H16F3N5. The van der Waals surface area contributed by atoms with Crippen molar-refractivity contribution in [1.82, 2.24) is 25.5 Å². The van der Waals surface area contributed by atoms with Gasteiger partial charge < -0.3 is 5.32 Å². The Kier molecular flexibility index (Phi) is 4.56. The third-order valence-corrected chi connectivity index (χ3v) is 3.06. The number of rotatable bonds is 5. The van der Waals surface area contributed by atoms with Crippen molar-refractivity contribution in [2.45, 2.75) is 38.5 Å². The molecule has 1 aromatic heterocycles. The first-order valence-electron chi connectivity index (χ1n) is 6.51. The first-order valence-corrected chi connectivity index (χ1v) is 6.51. The van der Waals surface area contributed by atoms with Crippen LogP contribution in [0.25, 0.3) is 5.69 Å². The van der Waals surface area contributed by atoms with Crippen LogP contribution in [-0.4, -0.2) is 32.4 Å². The van der Waals surface area contributed by atoms with Crippen molar-refractivity contribution in [3.8, 4) is 5.69 Å². The fraction of sp³-hybridized carbons (Fsp3) is 0.462. The molecule has 0 saturated carbocycles. The second-order valence-electron chi connectivity index (χ2n) is 4.96. The number of nitrogens with zero attached hydrogens (tertiary/aromatic N) is 4. The minimum atomic E-state index is -4.17. The molecule has 2 rings (SSSR count). The Morgan fingerprint density at radius 2 is 2.05 bits per heavy atom. The number of tetrazole rings is 1. The molecule has 1 aromatic carbocycles. The Morgan fingerprint density at radius 3 is 2.67 bits per heavy atom. The highest BCUT2D eigenvalue weighted by Crippen LogP contribution is 2.23. The Bertz CT molecular complexity index is 567. The zero-order valence-corrected chi connectivity index (χ0v) is 11.7. The van der Waals surface area contributed by atoms with Gasteiger partial charge in [-0.2, -0.15) is 13.2 Å². The largest absolute Gasteiger partial charge is 0.390 e. The Morgan fingerprint density at radius 1 is 1.29 bits per heavy atom. The topological polar surface area (TPSA) is 55.6 Å². The van der Waals surface area contributed by atoms with Gasteiger partial charge in [0.1, 0.15) is 6.33 Å². The van der Waals surface area contributed by atoms with Crippen molar-refractivity contribution in [2.75, 3.05) is 0 Å². The van der Waals surface area contributed by atoms with E-state index < -0.39 is 18.6 Å². The van der Waals surface area contributed by atoms with E-state index in [0.29, 0.717) is 0 Å². The summed E-state index contributed by atoms with van der Waals surface area (Å²) in [7, 11) is 0. The Balaban J connectivity index is 2.06. The van der Waals surface area contributed by atoms with Gasteiger partial charge in [0, 0.05) is 12.1 Å². The molecule has 1 heterocycles. The van der Waals surface area contributed by atoms with Crippen molar-refractivity contribution in [1.29, 1.82) is 0 Å². The van der Waals surface area contributed by atoms with Gasteiger partial charge in [0.15, 0.2) is 0 Å². The van der Waals surface area contributed by atoms with E-state index >= 15 is 0 Å².